The Hall–Kier alpha value is -0.430. The van der Waals surface area contributed by atoms with Crippen LogP contribution in [0.2, 0.25) is 0 Å². The average molecular weight is 362 g/mol. The highest BCUT2D eigenvalue weighted by molar-refractivity contribution is 9.10. The molecule has 20 heavy (non-hydrogen) atoms. The lowest BCUT2D eigenvalue weighted by molar-refractivity contribution is 0.00950. The predicted molar refractivity (Wildman–Crippen MR) is 82.2 cm³/mol. The van der Waals surface area contributed by atoms with Crippen molar-refractivity contribution in [1.82, 2.24) is 4.31 Å². The predicted octanol–water partition coefficient (Wildman–Crippen LogP) is 3.03. The second-order valence-corrected chi connectivity index (χ2v) is 8.02. The van der Waals surface area contributed by atoms with E-state index in [0.717, 1.165) is 30.3 Å². The Kier molecular flexibility index (Phi) is 5.60. The number of nitrogens with zero attached hydrogens (tertiary/aromatic N) is 1. The van der Waals surface area contributed by atoms with E-state index in [1.165, 1.54) is 10.7 Å². The molecule has 0 radical (unpaired) electrons. The van der Waals surface area contributed by atoms with Crippen molar-refractivity contribution in [3.8, 4) is 0 Å². The molecule has 1 aromatic carbocycles. The van der Waals surface area contributed by atoms with E-state index in [4.69, 9.17) is 4.74 Å². The van der Waals surface area contributed by atoms with Gasteiger partial charge in [0.25, 0.3) is 0 Å². The molecule has 1 aliphatic heterocycles. The molecule has 4 nitrogen and oxygen atoms in total. The van der Waals surface area contributed by atoms with E-state index in [1.54, 1.807) is 31.3 Å². The van der Waals surface area contributed by atoms with Gasteiger partial charge in [0.05, 0.1) is 11.0 Å². The van der Waals surface area contributed by atoms with E-state index in [2.05, 4.69) is 15.9 Å². The van der Waals surface area contributed by atoms with Gasteiger partial charge < -0.3 is 4.74 Å². The lowest BCUT2D eigenvalue weighted by Gasteiger charge is -2.25. The van der Waals surface area contributed by atoms with Crippen LogP contribution in [0.3, 0.4) is 0 Å². The number of rotatable bonds is 5. The van der Waals surface area contributed by atoms with Crippen molar-refractivity contribution in [3.05, 3.63) is 28.7 Å². The first-order valence-corrected chi connectivity index (χ1v) is 9.07. The molecule has 0 saturated carbocycles. The molecule has 2 rings (SSSR count). The summed E-state index contributed by atoms with van der Waals surface area (Å²) in [7, 11) is -1.77. The number of hydrogen-bond acceptors (Lipinski definition) is 3. The van der Waals surface area contributed by atoms with Crippen molar-refractivity contribution in [2.75, 3.05) is 20.2 Å². The minimum absolute atomic E-state index is 0.200. The molecule has 112 valence electrons. The fourth-order valence-corrected chi connectivity index (χ4v) is 3.72. The van der Waals surface area contributed by atoms with Crippen LogP contribution in [0.4, 0.5) is 0 Å². The molecule has 1 unspecified atom stereocenters. The van der Waals surface area contributed by atoms with Crippen LogP contribution in [0.25, 0.3) is 0 Å². The van der Waals surface area contributed by atoms with Gasteiger partial charge in [0, 0.05) is 24.7 Å². The maximum absolute atomic E-state index is 12.4. The standard InChI is InChI=1S/C14H20BrNO3S/c1-16(10-9-13-4-2-3-11-19-13)20(17,18)14-7-5-12(15)6-8-14/h5-8,13H,2-4,9-11H2,1H3. The molecule has 1 aromatic rings. The highest BCUT2D eigenvalue weighted by Crippen LogP contribution is 2.20. The lowest BCUT2D eigenvalue weighted by atomic mass is 10.1. The van der Waals surface area contributed by atoms with Gasteiger partial charge in [-0.05, 0) is 49.9 Å². The van der Waals surface area contributed by atoms with E-state index in [0.29, 0.717) is 11.4 Å². The van der Waals surface area contributed by atoms with Gasteiger partial charge in [-0.15, -0.1) is 0 Å². The van der Waals surface area contributed by atoms with Crippen LogP contribution in [-0.4, -0.2) is 39.0 Å². The van der Waals surface area contributed by atoms with Gasteiger partial charge in [-0.3, -0.25) is 0 Å². The van der Waals surface area contributed by atoms with Crippen LogP contribution in [-0.2, 0) is 14.8 Å². The first-order chi connectivity index (χ1) is 9.50. The second kappa shape index (κ2) is 7.02. The summed E-state index contributed by atoms with van der Waals surface area (Å²) < 4.78 is 32.7. The smallest absolute Gasteiger partial charge is 0.242 e. The van der Waals surface area contributed by atoms with Crippen molar-refractivity contribution in [3.63, 3.8) is 0 Å². The molecule has 6 heteroatoms. The molecule has 0 bridgehead atoms. The van der Waals surface area contributed by atoms with Gasteiger partial charge in [0.2, 0.25) is 10.0 Å². The summed E-state index contributed by atoms with van der Waals surface area (Å²) in [6.07, 6.45) is 4.28. The lowest BCUT2D eigenvalue weighted by Crippen LogP contribution is -2.31. The van der Waals surface area contributed by atoms with Crippen LogP contribution < -0.4 is 0 Å². The molecule has 1 saturated heterocycles. The molecule has 1 fully saturated rings. The normalized spacial score (nSPS) is 20.2. The molecule has 0 aromatic heterocycles. The highest BCUT2D eigenvalue weighted by Gasteiger charge is 2.22. The van der Waals surface area contributed by atoms with Gasteiger partial charge in [0.1, 0.15) is 0 Å². The van der Waals surface area contributed by atoms with Crippen LogP contribution in [0.1, 0.15) is 25.7 Å². The van der Waals surface area contributed by atoms with Crippen molar-refractivity contribution in [2.45, 2.75) is 36.7 Å². The molecular formula is C14H20BrNO3S. The van der Waals surface area contributed by atoms with Crippen molar-refractivity contribution >= 4 is 26.0 Å². The number of sulfonamides is 1. The summed E-state index contributed by atoms with van der Waals surface area (Å²) in [5.74, 6) is 0. The van der Waals surface area contributed by atoms with Gasteiger partial charge in [-0.25, -0.2) is 12.7 Å². The van der Waals surface area contributed by atoms with Crippen LogP contribution in [0, 0.1) is 0 Å². The first-order valence-electron chi connectivity index (χ1n) is 6.83. The number of halogens is 1. The molecule has 0 spiro atoms. The van der Waals surface area contributed by atoms with Gasteiger partial charge in [-0.2, -0.15) is 0 Å². The molecule has 0 amide bonds. The Morgan fingerprint density at radius 2 is 2.00 bits per heavy atom. The van der Waals surface area contributed by atoms with E-state index >= 15 is 0 Å². The third kappa shape index (κ3) is 4.04. The third-order valence-corrected chi connectivity index (χ3v) is 5.96. The fraction of sp³-hybridized carbons (Fsp3) is 0.571. The molecule has 0 N–H and O–H groups in total. The summed E-state index contributed by atoms with van der Waals surface area (Å²) in [5, 5.41) is 0. The SMILES string of the molecule is CN(CCC1CCCCO1)S(=O)(=O)c1ccc(Br)cc1. The molecule has 1 aliphatic rings. The Bertz CT molecular complexity index is 524. The van der Waals surface area contributed by atoms with Gasteiger partial charge in [0.15, 0.2) is 0 Å². The van der Waals surface area contributed by atoms with Crippen LogP contribution >= 0.6 is 15.9 Å². The summed E-state index contributed by atoms with van der Waals surface area (Å²) >= 11 is 3.31. The Morgan fingerprint density at radius 1 is 1.30 bits per heavy atom. The molecular weight excluding hydrogens is 342 g/mol. The van der Waals surface area contributed by atoms with Gasteiger partial charge >= 0.3 is 0 Å². The summed E-state index contributed by atoms with van der Waals surface area (Å²) in [4.78, 5) is 0.327. The highest BCUT2D eigenvalue weighted by atomic mass is 79.9. The van der Waals surface area contributed by atoms with Crippen molar-refractivity contribution in [2.24, 2.45) is 0 Å². The second-order valence-electron chi connectivity index (χ2n) is 5.06. The van der Waals surface area contributed by atoms with E-state index in [1.807, 2.05) is 0 Å². The van der Waals surface area contributed by atoms with E-state index in [-0.39, 0.29) is 6.10 Å². The van der Waals surface area contributed by atoms with Gasteiger partial charge in [-0.1, -0.05) is 15.9 Å². The Labute approximate surface area is 129 Å². The topological polar surface area (TPSA) is 46.6 Å². The number of benzene rings is 1. The molecule has 1 atom stereocenters. The minimum Gasteiger partial charge on any atom is -0.378 e. The summed E-state index contributed by atoms with van der Waals surface area (Å²) in [5.41, 5.74) is 0. The Balaban J connectivity index is 1.96. The maximum Gasteiger partial charge on any atom is 0.242 e. The number of ether oxygens (including phenoxy) is 1. The molecule has 1 heterocycles. The van der Waals surface area contributed by atoms with Crippen LogP contribution in [0.15, 0.2) is 33.6 Å². The average Bonchev–Trinajstić information content (AvgIpc) is 2.46. The number of hydrogen-bond donors (Lipinski definition) is 0. The zero-order chi connectivity index (χ0) is 14.6. The summed E-state index contributed by atoms with van der Waals surface area (Å²) in [6, 6.07) is 6.72. The maximum atomic E-state index is 12.4. The zero-order valence-corrected chi connectivity index (χ0v) is 14.0. The van der Waals surface area contributed by atoms with E-state index < -0.39 is 10.0 Å². The largest absolute Gasteiger partial charge is 0.378 e. The summed E-state index contributed by atoms with van der Waals surface area (Å²) in [6.45, 7) is 1.29. The molecule has 0 aliphatic carbocycles. The fourth-order valence-electron chi connectivity index (χ4n) is 2.27. The minimum atomic E-state index is -3.40. The first kappa shape index (κ1) is 15.9. The van der Waals surface area contributed by atoms with Crippen molar-refractivity contribution in [1.29, 1.82) is 0 Å². The monoisotopic (exact) mass is 361 g/mol. The Morgan fingerprint density at radius 3 is 2.60 bits per heavy atom. The quantitative estimate of drug-likeness (QED) is 0.809. The van der Waals surface area contributed by atoms with Crippen molar-refractivity contribution < 1.29 is 13.2 Å². The van der Waals surface area contributed by atoms with Crippen LogP contribution in [0.5, 0.6) is 0 Å². The third-order valence-electron chi connectivity index (χ3n) is 3.56. The van der Waals surface area contributed by atoms with E-state index in [9.17, 15) is 8.42 Å². The zero-order valence-electron chi connectivity index (χ0n) is 11.6.